The number of aromatic hydroxyl groups is 1. The lowest BCUT2D eigenvalue weighted by Crippen LogP contribution is -2.54. The fourth-order valence-corrected chi connectivity index (χ4v) is 3.75. The summed E-state index contributed by atoms with van der Waals surface area (Å²) in [5, 5.41) is 17.1. The number of nitrogens with one attached hydrogen (secondary N) is 3. The number of phenolic OH excluding ortho intramolecular Hbond substituents is 1. The van der Waals surface area contributed by atoms with E-state index in [1.165, 1.54) is 12.1 Å². The molecular weight excluding hydrogens is 468 g/mol. The minimum atomic E-state index is -5.05. The van der Waals surface area contributed by atoms with Gasteiger partial charge in [-0.25, -0.2) is 4.79 Å². The van der Waals surface area contributed by atoms with Crippen LogP contribution in [0.2, 0.25) is 0 Å². The van der Waals surface area contributed by atoms with E-state index in [0.29, 0.717) is 31.4 Å². The number of hydrogen-bond acceptors (Lipinski definition) is 3. The van der Waals surface area contributed by atoms with Gasteiger partial charge in [-0.3, -0.25) is 4.79 Å². The summed E-state index contributed by atoms with van der Waals surface area (Å²) in [5.41, 5.74) is -3.75. The van der Waals surface area contributed by atoms with Gasteiger partial charge >= 0.3 is 18.4 Å². The summed E-state index contributed by atoms with van der Waals surface area (Å²) in [4.78, 5) is 24.9. The van der Waals surface area contributed by atoms with Crippen molar-refractivity contribution in [3.05, 3.63) is 59.2 Å². The molecule has 12 heteroatoms. The SMILES string of the molecule is O=C(Nc1cc(C(F)(F)F)cc(C(F)(F)F)c1)N[C@@H]1CCCC[C@H]1NC(=O)c1ccccc1O. The highest BCUT2D eigenvalue weighted by Crippen LogP contribution is 2.37. The van der Waals surface area contributed by atoms with E-state index in [9.17, 15) is 41.0 Å². The molecule has 1 aliphatic rings. The summed E-state index contributed by atoms with van der Waals surface area (Å²) < 4.78 is 78.2. The van der Waals surface area contributed by atoms with Crippen LogP contribution in [0.5, 0.6) is 5.75 Å². The molecule has 1 aliphatic carbocycles. The molecule has 0 heterocycles. The molecule has 2 aromatic carbocycles. The summed E-state index contributed by atoms with van der Waals surface area (Å²) >= 11 is 0. The van der Waals surface area contributed by atoms with Crippen LogP contribution in [-0.4, -0.2) is 29.1 Å². The highest BCUT2D eigenvalue weighted by Gasteiger charge is 2.37. The quantitative estimate of drug-likeness (QED) is 0.440. The Morgan fingerprint density at radius 1 is 0.824 bits per heavy atom. The highest BCUT2D eigenvalue weighted by atomic mass is 19.4. The summed E-state index contributed by atoms with van der Waals surface area (Å²) in [6, 6.07) is 4.44. The third-order valence-corrected chi connectivity index (χ3v) is 5.39. The topological polar surface area (TPSA) is 90.5 Å². The van der Waals surface area contributed by atoms with Gasteiger partial charge in [-0.1, -0.05) is 25.0 Å². The molecule has 1 saturated carbocycles. The zero-order chi connectivity index (χ0) is 25.1. The molecule has 0 aliphatic heterocycles. The lowest BCUT2D eigenvalue weighted by Gasteiger charge is -2.33. The molecule has 0 spiro atoms. The molecule has 6 nitrogen and oxygen atoms in total. The fraction of sp³-hybridized carbons (Fsp3) is 0.364. The largest absolute Gasteiger partial charge is 0.507 e. The molecule has 2 atom stereocenters. The summed E-state index contributed by atoms with van der Waals surface area (Å²) in [6.07, 6.45) is -7.77. The number of para-hydroxylation sites is 1. The maximum Gasteiger partial charge on any atom is 0.416 e. The van der Waals surface area contributed by atoms with Crippen molar-refractivity contribution in [3.8, 4) is 5.75 Å². The first-order valence-corrected chi connectivity index (χ1v) is 10.3. The fourth-order valence-electron chi connectivity index (χ4n) is 3.75. The number of rotatable bonds is 4. The monoisotopic (exact) mass is 489 g/mol. The number of anilines is 1. The van der Waals surface area contributed by atoms with Crippen molar-refractivity contribution in [1.29, 1.82) is 0 Å². The van der Waals surface area contributed by atoms with Gasteiger partial charge in [0.1, 0.15) is 5.75 Å². The lowest BCUT2D eigenvalue weighted by molar-refractivity contribution is -0.143. The summed E-state index contributed by atoms with van der Waals surface area (Å²) in [7, 11) is 0. The standard InChI is InChI=1S/C22H21F6N3O3/c23-21(24,25)12-9-13(22(26,27)28)11-14(10-12)29-20(34)31-17-7-3-2-6-16(17)30-19(33)15-5-1-4-8-18(15)32/h1,4-5,8-11,16-17,32H,2-3,6-7H2,(H,30,33)(H2,29,31,34)/t16-,17-/m1/s1. The Morgan fingerprint density at radius 2 is 1.35 bits per heavy atom. The van der Waals surface area contributed by atoms with Crippen LogP contribution < -0.4 is 16.0 Å². The van der Waals surface area contributed by atoms with Crippen molar-refractivity contribution < 1.29 is 41.0 Å². The maximum absolute atomic E-state index is 13.0. The number of amides is 3. The smallest absolute Gasteiger partial charge is 0.416 e. The number of urea groups is 1. The Balaban J connectivity index is 1.73. The van der Waals surface area contributed by atoms with Crippen molar-refractivity contribution in [3.63, 3.8) is 0 Å². The third kappa shape index (κ3) is 6.33. The van der Waals surface area contributed by atoms with Gasteiger partial charge < -0.3 is 21.1 Å². The molecule has 1 fully saturated rings. The van der Waals surface area contributed by atoms with Crippen LogP contribution >= 0.6 is 0 Å². The van der Waals surface area contributed by atoms with E-state index in [1.54, 1.807) is 12.1 Å². The summed E-state index contributed by atoms with van der Waals surface area (Å²) in [5.74, 6) is -0.812. The first-order valence-electron chi connectivity index (χ1n) is 10.3. The van der Waals surface area contributed by atoms with Crippen molar-refractivity contribution in [1.82, 2.24) is 10.6 Å². The Morgan fingerprint density at radius 3 is 1.88 bits per heavy atom. The van der Waals surface area contributed by atoms with Crippen LogP contribution in [0.25, 0.3) is 0 Å². The molecule has 184 valence electrons. The molecule has 0 bridgehead atoms. The van der Waals surface area contributed by atoms with Gasteiger partial charge in [0.05, 0.1) is 22.7 Å². The molecule has 0 saturated heterocycles. The molecule has 3 rings (SSSR count). The van der Waals surface area contributed by atoms with Gasteiger partial charge in [0, 0.05) is 11.7 Å². The number of halogens is 6. The number of phenols is 1. The average Bonchev–Trinajstić information content (AvgIpc) is 2.74. The Kier molecular flexibility index (Phi) is 7.27. The zero-order valence-electron chi connectivity index (χ0n) is 17.6. The minimum absolute atomic E-state index is 0.0277. The first kappa shape index (κ1) is 25.2. The van der Waals surface area contributed by atoms with E-state index in [0.717, 1.165) is 6.42 Å². The third-order valence-electron chi connectivity index (χ3n) is 5.39. The van der Waals surface area contributed by atoms with Crippen molar-refractivity contribution >= 4 is 17.6 Å². The van der Waals surface area contributed by atoms with Crippen molar-refractivity contribution in [2.75, 3.05) is 5.32 Å². The van der Waals surface area contributed by atoms with Gasteiger partial charge in [-0.2, -0.15) is 26.3 Å². The van der Waals surface area contributed by atoms with E-state index in [1.807, 2.05) is 5.32 Å². The number of benzene rings is 2. The zero-order valence-corrected chi connectivity index (χ0v) is 17.6. The Bertz CT molecular complexity index is 1020. The maximum atomic E-state index is 13.0. The molecule has 34 heavy (non-hydrogen) atoms. The molecular formula is C22H21F6N3O3. The van der Waals surface area contributed by atoms with Crippen molar-refractivity contribution in [2.24, 2.45) is 0 Å². The normalized spacial score (nSPS) is 18.8. The van der Waals surface area contributed by atoms with Gasteiger partial charge in [-0.15, -0.1) is 0 Å². The van der Waals surface area contributed by atoms with Gasteiger partial charge in [-0.05, 0) is 43.2 Å². The number of carbonyl (C=O) groups excluding carboxylic acids is 2. The average molecular weight is 489 g/mol. The van der Waals surface area contributed by atoms with Gasteiger partial charge in [0.15, 0.2) is 0 Å². The molecule has 3 amide bonds. The molecule has 0 unspecified atom stereocenters. The molecule has 4 N–H and O–H groups in total. The van der Waals surface area contributed by atoms with Crippen LogP contribution in [-0.2, 0) is 12.4 Å². The van der Waals surface area contributed by atoms with Crippen molar-refractivity contribution in [2.45, 2.75) is 50.1 Å². The minimum Gasteiger partial charge on any atom is -0.507 e. The highest BCUT2D eigenvalue weighted by molar-refractivity contribution is 5.97. The Labute approximate surface area is 190 Å². The predicted molar refractivity (Wildman–Crippen MR) is 110 cm³/mol. The predicted octanol–water partition coefficient (Wildman–Crippen LogP) is 5.29. The number of hydrogen-bond donors (Lipinski definition) is 4. The van der Waals surface area contributed by atoms with Crippen LogP contribution in [0.15, 0.2) is 42.5 Å². The van der Waals surface area contributed by atoms with Gasteiger partial charge in [0.25, 0.3) is 5.91 Å². The van der Waals surface area contributed by atoms with E-state index in [-0.39, 0.29) is 17.4 Å². The lowest BCUT2D eigenvalue weighted by atomic mass is 9.90. The van der Waals surface area contributed by atoms with E-state index >= 15 is 0 Å². The van der Waals surface area contributed by atoms with E-state index in [2.05, 4.69) is 10.6 Å². The second kappa shape index (κ2) is 9.82. The number of alkyl halides is 6. The van der Waals surface area contributed by atoms with E-state index < -0.39 is 53.2 Å². The molecule has 0 aromatic heterocycles. The summed E-state index contributed by atoms with van der Waals surface area (Å²) in [6.45, 7) is 0. The Hall–Kier alpha value is -3.44. The second-order valence-electron chi connectivity index (χ2n) is 7.88. The molecule has 0 radical (unpaired) electrons. The van der Waals surface area contributed by atoms with Crippen LogP contribution in [0.4, 0.5) is 36.8 Å². The second-order valence-corrected chi connectivity index (χ2v) is 7.88. The number of carbonyl (C=O) groups is 2. The van der Waals surface area contributed by atoms with Crippen LogP contribution in [0.3, 0.4) is 0 Å². The van der Waals surface area contributed by atoms with Crippen LogP contribution in [0, 0.1) is 0 Å². The van der Waals surface area contributed by atoms with Crippen LogP contribution in [0.1, 0.15) is 47.2 Å². The van der Waals surface area contributed by atoms with E-state index in [4.69, 9.17) is 0 Å². The van der Waals surface area contributed by atoms with Gasteiger partial charge in [0.2, 0.25) is 0 Å². The first-order chi connectivity index (χ1) is 15.8. The molecule has 2 aromatic rings.